The Morgan fingerprint density at radius 1 is 1.02 bits per heavy atom. The van der Waals surface area contributed by atoms with E-state index in [9.17, 15) is 4.79 Å². The van der Waals surface area contributed by atoms with Gasteiger partial charge in [0.1, 0.15) is 5.65 Å². The van der Waals surface area contributed by atoms with Crippen molar-refractivity contribution >= 4 is 40.0 Å². The molecule has 6 rings (SSSR count). The van der Waals surface area contributed by atoms with E-state index in [-0.39, 0.29) is 11.6 Å². The molecule has 1 aromatic carbocycles. The Bertz CT molecular complexity index is 1390. The van der Waals surface area contributed by atoms with Crippen molar-refractivity contribution < 1.29 is 4.74 Å². The summed E-state index contributed by atoms with van der Waals surface area (Å²) in [6.07, 6.45) is 12.4. The second-order valence-electron chi connectivity index (χ2n) is 12.1. The number of hydrogen-bond acceptors (Lipinski definition) is 7. The van der Waals surface area contributed by atoms with Crippen molar-refractivity contribution in [1.29, 1.82) is 0 Å². The minimum atomic E-state index is 0.0276. The molecule has 3 fully saturated rings. The maximum atomic E-state index is 13.0. The van der Waals surface area contributed by atoms with Gasteiger partial charge in [-0.25, -0.2) is 4.98 Å². The van der Waals surface area contributed by atoms with Crippen molar-refractivity contribution in [3.63, 3.8) is 0 Å². The number of nitrogens with zero attached hydrogens (tertiary/aromatic N) is 5. The Morgan fingerprint density at radius 2 is 1.80 bits per heavy atom. The van der Waals surface area contributed by atoms with E-state index in [0.29, 0.717) is 5.95 Å². The van der Waals surface area contributed by atoms with E-state index in [1.54, 1.807) is 6.07 Å². The van der Waals surface area contributed by atoms with E-state index in [2.05, 4.69) is 26.2 Å². The van der Waals surface area contributed by atoms with Gasteiger partial charge in [0.05, 0.1) is 23.9 Å². The Kier molecular flexibility index (Phi) is 9.08. The average molecular weight is 579 g/mol. The lowest BCUT2D eigenvalue weighted by Gasteiger charge is -2.34. The van der Waals surface area contributed by atoms with Crippen LogP contribution in [0.25, 0.3) is 11.0 Å². The summed E-state index contributed by atoms with van der Waals surface area (Å²) in [6.45, 7) is 9.16. The number of benzene rings is 1. The standard InChI is InChI=1S/C32H43ClN6O2/c1-23-20-30(40)39(26-7-3-2-4-8-26)31-27(23)22-34-32(36-31)35-25-9-10-29(28(33)21-25)38-14-11-24(12-15-38)6-5-13-37-16-18-41-19-17-37/h9-10,20-22,24,26H,2-8,11-19H2,1H3,(H,34,35,36). The van der Waals surface area contributed by atoms with Gasteiger partial charge in [0, 0.05) is 55.6 Å². The quantitative estimate of drug-likeness (QED) is 0.335. The molecule has 0 radical (unpaired) electrons. The van der Waals surface area contributed by atoms with Crippen molar-refractivity contribution in [3.05, 3.63) is 51.4 Å². The fourth-order valence-corrected chi connectivity index (χ4v) is 7.19. The smallest absolute Gasteiger partial charge is 0.252 e. The van der Waals surface area contributed by atoms with Crippen molar-refractivity contribution in [2.45, 2.75) is 70.8 Å². The minimum absolute atomic E-state index is 0.0276. The van der Waals surface area contributed by atoms with Gasteiger partial charge in [0.15, 0.2) is 0 Å². The average Bonchev–Trinajstić information content (AvgIpc) is 2.99. The first-order valence-corrected chi connectivity index (χ1v) is 15.9. The first kappa shape index (κ1) is 28.4. The number of hydrogen-bond donors (Lipinski definition) is 1. The molecule has 1 saturated carbocycles. The normalized spacial score (nSPS) is 19.6. The minimum Gasteiger partial charge on any atom is -0.379 e. The van der Waals surface area contributed by atoms with E-state index >= 15 is 0 Å². The molecule has 0 amide bonds. The van der Waals surface area contributed by atoms with Gasteiger partial charge < -0.3 is 15.0 Å². The lowest BCUT2D eigenvalue weighted by molar-refractivity contribution is 0.0365. The van der Waals surface area contributed by atoms with Crippen LogP contribution in [0.5, 0.6) is 0 Å². The summed E-state index contributed by atoms with van der Waals surface area (Å²) < 4.78 is 7.36. The van der Waals surface area contributed by atoms with Crippen LogP contribution in [0, 0.1) is 12.8 Å². The molecule has 2 aliphatic heterocycles. The van der Waals surface area contributed by atoms with Crippen LogP contribution in [0.2, 0.25) is 5.02 Å². The first-order valence-electron chi connectivity index (χ1n) is 15.6. The van der Waals surface area contributed by atoms with Crippen LogP contribution in [0.1, 0.15) is 69.4 Å². The van der Waals surface area contributed by atoms with Crippen LogP contribution in [-0.4, -0.2) is 65.4 Å². The summed E-state index contributed by atoms with van der Waals surface area (Å²) >= 11 is 6.81. The number of fused-ring (bicyclic) bond motifs is 1. The second-order valence-corrected chi connectivity index (χ2v) is 12.5. The third-order valence-corrected chi connectivity index (χ3v) is 9.59. The number of morpholine rings is 1. The zero-order valence-corrected chi connectivity index (χ0v) is 25.0. The lowest BCUT2D eigenvalue weighted by Crippen LogP contribution is -2.37. The summed E-state index contributed by atoms with van der Waals surface area (Å²) in [6, 6.07) is 8.04. The van der Waals surface area contributed by atoms with Crippen molar-refractivity contribution in [2.75, 3.05) is 56.2 Å². The molecule has 0 unspecified atom stereocenters. The zero-order chi connectivity index (χ0) is 28.2. The van der Waals surface area contributed by atoms with Crippen LogP contribution in [0.3, 0.4) is 0 Å². The first-order chi connectivity index (χ1) is 20.0. The maximum Gasteiger partial charge on any atom is 0.252 e. The molecule has 2 saturated heterocycles. The number of anilines is 3. The molecule has 0 spiro atoms. The van der Waals surface area contributed by atoms with E-state index in [1.807, 2.05) is 29.8 Å². The predicted octanol–water partition coefficient (Wildman–Crippen LogP) is 6.33. The monoisotopic (exact) mass is 578 g/mol. The largest absolute Gasteiger partial charge is 0.379 e. The molecular weight excluding hydrogens is 536 g/mol. The summed E-state index contributed by atoms with van der Waals surface area (Å²) in [4.78, 5) is 27.4. The molecule has 41 heavy (non-hydrogen) atoms. The Labute approximate surface area is 248 Å². The summed E-state index contributed by atoms with van der Waals surface area (Å²) in [5.74, 6) is 1.28. The van der Waals surface area contributed by atoms with Gasteiger partial charge in [-0.15, -0.1) is 0 Å². The highest BCUT2D eigenvalue weighted by molar-refractivity contribution is 6.33. The molecule has 2 aromatic heterocycles. The van der Waals surface area contributed by atoms with E-state index in [1.165, 1.54) is 38.6 Å². The van der Waals surface area contributed by atoms with Gasteiger partial charge in [-0.2, -0.15) is 4.98 Å². The van der Waals surface area contributed by atoms with Crippen LogP contribution >= 0.6 is 11.6 Å². The Morgan fingerprint density at radius 3 is 2.56 bits per heavy atom. The van der Waals surface area contributed by atoms with Gasteiger partial charge in [0.25, 0.3) is 5.56 Å². The highest BCUT2D eigenvalue weighted by Crippen LogP contribution is 2.34. The fourth-order valence-electron chi connectivity index (χ4n) is 6.88. The molecule has 1 aliphatic carbocycles. The lowest BCUT2D eigenvalue weighted by atomic mass is 9.92. The van der Waals surface area contributed by atoms with Crippen LogP contribution in [0.15, 0.2) is 35.3 Å². The number of aromatic nitrogens is 3. The highest BCUT2D eigenvalue weighted by Gasteiger charge is 2.23. The van der Waals surface area contributed by atoms with Gasteiger partial charge >= 0.3 is 0 Å². The van der Waals surface area contributed by atoms with E-state index < -0.39 is 0 Å². The van der Waals surface area contributed by atoms with Crippen molar-refractivity contribution in [3.8, 4) is 0 Å². The Hall–Kier alpha value is -2.68. The van der Waals surface area contributed by atoms with Crippen molar-refractivity contribution in [2.24, 2.45) is 5.92 Å². The van der Waals surface area contributed by atoms with E-state index in [4.69, 9.17) is 21.3 Å². The van der Waals surface area contributed by atoms with E-state index in [0.717, 1.165) is 104 Å². The molecule has 3 aliphatic rings. The fraction of sp³-hybridized carbons (Fsp3) is 0.594. The number of halogens is 1. The van der Waals surface area contributed by atoms with Crippen molar-refractivity contribution in [1.82, 2.24) is 19.4 Å². The SMILES string of the molecule is Cc1cc(=O)n(C2CCCCC2)c2nc(Nc3ccc(N4CCC(CCCN5CCOCC5)CC4)c(Cl)c3)ncc12. The number of piperidine rings is 1. The molecule has 0 bridgehead atoms. The predicted molar refractivity (Wildman–Crippen MR) is 167 cm³/mol. The zero-order valence-electron chi connectivity index (χ0n) is 24.3. The topological polar surface area (TPSA) is 75.5 Å². The molecular formula is C32H43ClN6O2. The van der Waals surface area contributed by atoms with Crippen LogP contribution < -0.4 is 15.8 Å². The second kappa shape index (κ2) is 13.1. The summed E-state index contributed by atoms with van der Waals surface area (Å²) in [7, 11) is 0. The molecule has 1 N–H and O–H groups in total. The van der Waals surface area contributed by atoms with Gasteiger partial charge in [-0.05, 0) is 81.7 Å². The third-order valence-electron chi connectivity index (χ3n) is 9.29. The summed E-state index contributed by atoms with van der Waals surface area (Å²) in [5.41, 5.74) is 3.59. The highest BCUT2D eigenvalue weighted by atomic mass is 35.5. The maximum absolute atomic E-state index is 13.0. The van der Waals surface area contributed by atoms with Crippen LogP contribution in [-0.2, 0) is 4.74 Å². The molecule has 4 heterocycles. The summed E-state index contributed by atoms with van der Waals surface area (Å²) in [5, 5.41) is 5.00. The Balaban J connectivity index is 1.09. The molecule has 220 valence electrons. The van der Waals surface area contributed by atoms with Gasteiger partial charge in [0.2, 0.25) is 5.95 Å². The third kappa shape index (κ3) is 6.71. The van der Waals surface area contributed by atoms with Gasteiger partial charge in [-0.1, -0.05) is 30.9 Å². The number of nitrogens with one attached hydrogen (secondary N) is 1. The number of rotatable bonds is 8. The number of pyridine rings is 1. The van der Waals surface area contributed by atoms with Gasteiger partial charge in [-0.3, -0.25) is 14.3 Å². The molecule has 9 heteroatoms. The molecule has 3 aromatic rings. The number of aryl methyl sites for hydroxylation is 1. The van der Waals surface area contributed by atoms with Crippen LogP contribution in [0.4, 0.5) is 17.3 Å². The molecule has 0 atom stereocenters. The number of ether oxygens (including phenoxy) is 1. The molecule has 8 nitrogen and oxygen atoms in total.